The lowest BCUT2D eigenvalue weighted by molar-refractivity contribution is -0.384. The Morgan fingerprint density at radius 1 is 1.21 bits per heavy atom. The number of benzene rings is 2. The number of hydrogen-bond donors (Lipinski definition) is 4. The lowest BCUT2D eigenvalue weighted by atomic mass is 10.0. The van der Waals surface area contributed by atoms with Gasteiger partial charge in [0.15, 0.2) is 5.11 Å². The summed E-state index contributed by atoms with van der Waals surface area (Å²) in [6, 6.07) is 14.0. The highest BCUT2D eigenvalue weighted by Crippen LogP contribution is 2.14. The van der Waals surface area contributed by atoms with Crippen LogP contribution in [0.15, 0.2) is 59.7 Å². The SMILES string of the molecule is CC(=O)NC(CO)C(=NNC(=S)Nc1ccccc1)c1ccc([N+](=O)[O-])cc1. The maximum absolute atomic E-state index is 11.4. The van der Waals surface area contributed by atoms with Crippen molar-refractivity contribution < 1.29 is 14.8 Å². The molecule has 0 aromatic heterocycles. The van der Waals surface area contributed by atoms with Gasteiger partial charge in [0.1, 0.15) is 0 Å². The number of para-hydroxylation sites is 1. The van der Waals surface area contributed by atoms with Crippen molar-refractivity contribution in [3.8, 4) is 0 Å². The summed E-state index contributed by atoms with van der Waals surface area (Å²) in [4.78, 5) is 21.8. The number of aliphatic hydroxyl groups is 1. The van der Waals surface area contributed by atoms with E-state index in [2.05, 4.69) is 21.2 Å². The minimum atomic E-state index is -0.828. The van der Waals surface area contributed by atoms with Crippen molar-refractivity contribution in [3.63, 3.8) is 0 Å². The summed E-state index contributed by atoms with van der Waals surface area (Å²) in [5, 5.41) is 30.4. The molecule has 0 radical (unpaired) electrons. The highest BCUT2D eigenvalue weighted by molar-refractivity contribution is 7.80. The fourth-order valence-electron chi connectivity index (χ4n) is 2.33. The van der Waals surface area contributed by atoms with Crippen molar-refractivity contribution >= 4 is 40.3 Å². The Balaban J connectivity index is 2.25. The Morgan fingerprint density at radius 3 is 2.39 bits per heavy atom. The van der Waals surface area contributed by atoms with Crippen LogP contribution in [0.25, 0.3) is 0 Å². The van der Waals surface area contributed by atoms with Gasteiger partial charge in [-0.25, -0.2) is 0 Å². The van der Waals surface area contributed by atoms with Crippen molar-refractivity contribution in [2.45, 2.75) is 13.0 Å². The van der Waals surface area contributed by atoms with Gasteiger partial charge < -0.3 is 15.7 Å². The number of hydrazone groups is 1. The third kappa shape index (κ3) is 6.11. The number of anilines is 1. The fraction of sp³-hybridized carbons (Fsp3) is 0.167. The number of nitrogens with one attached hydrogen (secondary N) is 3. The lowest BCUT2D eigenvalue weighted by Crippen LogP contribution is -2.44. The first-order valence-corrected chi connectivity index (χ1v) is 8.64. The quantitative estimate of drug-likeness (QED) is 0.241. The van der Waals surface area contributed by atoms with E-state index in [0.717, 1.165) is 5.69 Å². The molecule has 1 amide bonds. The molecule has 2 aromatic rings. The van der Waals surface area contributed by atoms with Crippen LogP contribution in [0, 0.1) is 10.1 Å². The number of carbonyl (C=O) groups excluding carboxylic acids is 1. The number of carbonyl (C=O) groups is 1. The molecule has 0 saturated heterocycles. The summed E-state index contributed by atoms with van der Waals surface area (Å²) in [6.07, 6.45) is 0. The monoisotopic (exact) mass is 401 g/mol. The lowest BCUT2D eigenvalue weighted by Gasteiger charge is -2.18. The van der Waals surface area contributed by atoms with Crippen LogP contribution in [0.2, 0.25) is 0 Å². The molecule has 0 bridgehead atoms. The highest BCUT2D eigenvalue weighted by Gasteiger charge is 2.19. The predicted molar refractivity (Wildman–Crippen MR) is 110 cm³/mol. The second-order valence-corrected chi connectivity index (χ2v) is 6.08. The molecular weight excluding hydrogens is 382 g/mol. The van der Waals surface area contributed by atoms with E-state index in [0.29, 0.717) is 5.56 Å². The molecule has 0 aliphatic carbocycles. The number of rotatable bonds is 7. The number of thiocarbonyl (C=S) groups is 1. The average Bonchev–Trinajstić information content (AvgIpc) is 2.68. The number of nitro benzene ring substituents is 1. The van der Waals surface area contributed by atoms with Crippen LogP contribution in [0.4, 0.5) is 11.4 Å². The Bertz CT molecular complexity index is 871. The summed E-state index contributed by atoms with van der Waals surface area (Å²) >= 11 is 5.20. The third-order valence-corrected chi connectivity index (χ3v) is 3.77. The number of aliphatic hydroxyl groups excluding tert-OH is 1. The summed E-state index contributed by atoms with van der Waals surface area (Å²) in [6.45, 7) is 0.890. The van der Waals surface area contributed by atoms with Gasteiger partial charge in [0.2, 0.25) is 5.91 Å². The van der Waals surface area contributed by atoms with Crippen LogP contribution in [-0.2, 0) is 4.79 Å². The molecule has 0 fully saturated rings. The molecular formula is C18H19N5O4S. The number of non-ortho nitro benzene ring substituents is 1. The van der Waals surface area contributed by atoms with Crippen LogP contribution < -0.4 is 16.1 Å². The second-order valence-electron chi connectivity index (χ2n) is 5.67. The standard InChI is InChI=1S/C18H19N5O4S/c1-12(25)19-16(11-24)17(13-7-9-15(10-8-13)23(26)27)21-22-18(28)20-14-5-3-2-4-6-14/h2-10,16,24H,11H2,1H3,(H,19,25)(H2,20,22,28). The summed E-state index contributed by atoms with van der Waals surface area (Å²) < 4.78 is 0. The zero-order valence-electron chi connectivity index (χ0n) is 15.0. The fourth-order valence-corrected chi connectivity index (χ4v) is 2.50. The van der Waals surface area contributed by atoms with E-state index in [1.807, 2.05) is 30.3 Å². The van der Waals surface area contributed by atoms with Gasteiger partial charge in [0.25, 0.3) is 5.69 Å². The Kier molecular flexibility index (Phi) is 7.55. The van der Waals surface area contributed by atoms with Gasteiger partial charge >= 0.3 is 0 Å². The number of nitro groups is 1. The van der Waals surface area contributed by atoms with Gasteiger partial charge in [0.05, 0.1) is 23.3 Å². The minimum absolute atomic E-state index is 0.0857. The maximum atomic E-state index is 11.4. The molecule has 9 nitrogen and oxygen atoms in total. The molecule has 10 heteroatoms. The number of hydrogen-bond acceptors (Lipinski definition) is 6. The van der Waals surface area contributed by atoms with Crippen molar-refractivity contribution in [3.05, 3.63) is 70.3 Å². The van der Waals surface area contributed by atoms with Gasteiger partial charge in [-0.1, -0.05) is 18.2 Å². The van der Waals surface area contributed by atoms with Gasteiger partial charge in [0, 0.05) is 30.3 Å². The van der Waals surface area contributed by atoms with Crippen molar-refractivity contribution in [2.75, 3.05) is 11.9 Å². The minimum Gasteiger partial charge on any atom is -0.394 e. The first-order chi connectivity index (χ1) is 13.4. The van der Waals surface area contributed by atoms with Gasteiger partial charge in [-0.3, -0.25) is 20.3 Å². The predicted octanol–water partition coefficient (Wildman–Crippen LogP) is 1.78. The van der Waals surface area contributed by atoms with E-state index < -0.39 is 17.6 Å². The molecule has 0 saturated carbocycles. The normalized spacial score (nSPS) is 12.0. The van der Waals surface area contributed by atoms with E-state index >= 15 is 0 Å². The molecule has 2 rings (SSSR count). The van der Waals surface area contributed by atoms with E-state index in [1.165, 1.54) is 31.2 Å². The zero-order valence-corrected chi connectivity index (χ0v) is 15.8. The molecule has 0 heterocycles. The maximum Gasteiger partial charge on any atom is 0.269 e. The number of nitrogens with zero attached hydrogens (tertiary/aromatic N) is 2. The molecule has 0 aliphatic heterocycles. The molecule has 1 unspecified atom stereocenters. The van der Waals surface area contributed by atoms with Gasteiger partial charge in [-0.15, -0.1) is 0 Å². The van der Waals surface area contributed by atoms with Gasteiger partial charge in [-0.05, 0) is 36.5 Å². The molecule has 28 heavy (non-hydrogen) atoms. The van der Waals surface area contributed by atoms with Crippen LogP contribution in [0.3, 0.4) is 0 Å². The first-order valence-electron chi connectivity index (χ1n) is 8.23. The molecule has 2 aromatic carbocycles. The highest BCUT2D eigenvalue weighted by atomic mass is 32.1. The summed E-state index contributed by atoms with van der Waals surface area (Å²) in [7, 11) is 0. The second kappa shape index (κ2) is 10.1. The van der Waals surface area contributed by atoms with Crippen LogP contribution in [0.1, 0.15) is 12.5 Å². The van der Waals surface area contributed by atoms with Crippen molar-refractivity contribution in [1.82, 2.24) is 10.7 Å². The number of amides is 1. The van der Waals surface area contributed by atoms with E-state index in [9.17, 15) is 20.0 Å². The average molecular weight is 401 g/mol. The van der Waals surface area contributed by atoms with Crippen molar-refractivity contribution in [2.24, 2.45) is 5.10 Å². The van der Waals surface area contributed by atoms with Crippen LogP contribution in [0.5, 0.6) is 0 Å². The van der Waals surface area contributed by atoms with E-state index in [1.54, 1.807) is 0 Å². The largest absolute Gasteiger partial charge is 0.394 e. The smallest absolute Gasteiger partial charge is 0.269 e. The zero-order chi connectivity index (χ0) is 20.5. The molecule has 4 N–H and O–H groups in total. The van der Waals surface area contributed by atoms with Crippen LogP contribution >= 0.6 is 12.2 Å². The molecule has 1 atom stereocenters. The Hall–Kier alpha value is -3.37. The molecule has 0 aliphatic rings. The topological polar surface area (TPSA) is 129 Å². The summed E-state index contributed by atoms with van der Waals surface area (Å²) in [5.41, 5.74) is 4.09. The summed E-state index contributed by atoms with van der Waals surface area (Å²) in [5.74, 6) is -0.362. The first kappa shape index (κ1) is 20.9. The van der Waals surface area contributed by atoms with E-state index in [4.69, 9.17) is 12.2 Å². The van der Waals surface area contributed by atoms with Crippen molar-refractivity contribution in [1.29, 1.82) is 0 Å². The van der Waals surface area contributed by atoms with Gasteiger partial charge in [-0.2, -0.15) is 5.10 Å². The Morgan fingerprint density at radius 2 is 1.86 bits per heavy atom. The third-order valence-electron chi connectivity index (χ3n) is 3.57. The van der Waals surface area contributed by atoms with Crippen LogP contribution in [-0.4, -0.2) is 39.4 Å². The molecule has 0 spiro atoms. The molecule has 146 valence electrons. The van der Waals surface area contributed by atoms with E-state index in [-0.39, 0.29) is 22.4 Å². The Labute approximate surface area is 166 Å².